The topological polar surface area (TPSA) is 167 Å². The Morgan fingerprint density at radius 1 is 1.47 bits per heavy atom. The molecule has 3 aliphatic rings. The third kappa shape index (κ3) is 4.70. The van der Waals surface area contributed by atoms with Gasteiger partial charge < -0.3 is 30.6 Å². The smallest absolute Gasteiger partial charge is 0.360 e. The van der Waals surface area contributed by atoms with E-state index in [1.54, 1.807) is 4.90 Å². The molecule has 0 aliphatic carbocycles. The van der Waals surface area contributed by atoms with Crippen LogP contribution >= 0.6 is 11.8 Å². The lowest BCUT2D eigenvalue weighted by atomic mass is 10.1. The highest BCUT2D eigenvalue weighted by atomic mass is 32.2. The highest BCUT2D eigenvalue weighted by molar-refractivity contribution is 8.00. The second-order valence-electron chi connectivity index (χ2n) is 6.87. The molecule has 4 rings (SSSR count). The van der Waals surface area contributed by atoms with Crippen molar-refractivity contribution in [2.45, 2.75) is 30.3 Å². The van der Waals surface area contributed by atoms with Gasteiger partial charge in [-0.3, -0.25) is 9.59 Å². The van der Waals surface area contributed by atoms with Crippen molar-refractivity contribution < 1.29 is 23.9 Å². The molecule has 12 nitrogen and oxygen atoms in total. The van der Waals surface area contributed by atoms with Crippen LogP contribution in [0.15, 0.2) is 31.1 Å². The summed E-state index contributed by atoms with van der Waals surface area (Å²) in [5, 5.41) is 31.1. The van der Waals surface area contributed by atoms with Crippen LogP contribution in [-0.2, 0) is 14.3 Å². The summed E-state index contributed by atoms with van der Waals surface area (Å²) in [7, 11) is 0. The number of quaternary nitrogens is 1. The molecule has 1 aromatic heterocycles. The van der Waals surface area contributed by atoms with E-state index in [1.807, 2.05) is 24.0 Å². The Balaban J connectivity index is 0.000000234. The van der Waals surface area contributed by atoms with E-state index >= 15 is 0 Å². The second kappa shape index (κ2) is 8.95. The van der Waals surface area contributed by atoms with Gasteiger partial charge in [-0.15, -0.1) is 16.9 Å². The number of hydrogen-bond acceptors (Lipinski definition) is 9. The summed E-state index contributed by atoms with van der Waals surface area (Å²) in [6.07, 6.45) is 7.28. The molecule has 0 bridgehead atoms. The number of hydroxylamine groups is 4. The number of nitrogens with zero attached hydrogens (tertiary/aromatic N) is 5. The molecule has 3 atom stereocenters. The van der Waals surface area contributed by atoms with Crippen LogP contribution in [-0.4, -0.2) is 72.8 Å². The van der Waals surface area contributed by atoms with Gasteiger partial charge in [-0.05, 0) is 0 Å². The fraction of sp³-hybridized carbons (Fsp3) is 0.471. The fourth-order valence-electron chi connectivity index (χ4n) is 3.22. The van der Waals surface area contributed by atoms with Crippen molar-refractivity contribution in [1.82, 2.24) is 19.9 Å². The molecular formula is C17H21N6O6S-. The largest absolute Gasteiger partial charge is 0.631 e. The molecule has 0 aromatic carbocycles. The zero-order valence-electron chi connectivity index (χ0n) is 16.0. The van der Waals surface area contributed by atoms with E-state index in [1.165, 1.54) is 17.0 Å². The van der Waals surface area contributed by atoms with Gasteiger partial charge in [0.1, 0.15) is 19.2 Å². The Morgan fingerprint density at radius 2 is 2.23 bits per heavy atom. The predicted octanol–water partition coefficient (Wildman–Crippen LogP) is 0.0373. The standard InChI is InChI=1S/C11H14N5O5.C6H7NOS/c1-2-3-21-11(18)8-5-15(14-13-8)7-4-9(10(12)17)16(19,20)6-7;8-5-4-6-7(5)2-1-3-9-6/h2,5,7,9H,1,3-4,6H2,(H2,12,17);1-2,6H,3-4H2/q-1;/t;6-/m.0/s1. The number of rotatable bonds is 5. The molecule has 0 radical (unpaired) electrons. The molecule has 1 aromatic rings. The van der Waals surface area contributed by atoms with Crippen LogP contribution in [0.5, 0.6) is 0 Å². The number of primary amides is 1. The number of hydrogen-bond donors (Lipinski definition) is 1. The van der Waals surface area contributed by atoms with Crippen molar-refractivity contribution >= 4 is 29.5 Å². The average Bonchev–Trinajstić information content (AvgIpc) is 3.30. The maximum Gasteiger partial charge on any atom is 0.360 e. The maximum absolute atomic E-state index is 11.7. The Morgan fingerprint density at radius 3 is 2.80 bits per heavy atom. The van der Waals surface area contributed by atoms with Gasteiger partial charge in [0.2, 0.25) is 5.91 Å². The van der Waals surface area contributed by atoms with Crippen LogP contribution in [0.3, 0.4) is 0 Å². The van der Waals surface area contributed by atoms with Crippen molar-refractivity contribution in [1.29, 1.82) is 0 Å². The van der Waals surface area contributed by atoms with E-state index in [0.717, 1.165) is 12.2 Å². The first-order chi connectivity index (χ1) is 14.2. The number of ether oxygens (including phenoxy) is 1. The van der Waals surface area contributed by atoms with E-state index in [9.17, 15) is 24.8 Å². The van der Waals surface area contributed by atoms with Gasteiger partial charge in [0.25, 0.3) is 5.91 Å². The van der Waals surface area contributed by atoms with Crippen molar-refractivity contribution in [3.63, 3.8) is 0 Å². The summed E-state index contributed by atoms with van der Waals surface area (Å²) in [5.74, 6) is -0.318. The van der Waals surface area contributed by atoms with Gasteiger partial charge in [0.15, 0.2) is 11.7 Å². The van der Waals surface area contributed by atoms with Gasteiger partial charge >= 0.3 is 5.97 Å². The zero-order valence-corrected chi connectivity index (χ0v) is 16.8. The van der Waals surface area contributed by atoms with Crippen LogP contribution in [0.25, 0.3) is 0 Å². The van der Waals surface area contributed by atoms with Crippen molar-refractivity contribution in [3.05, 3.63) is 47.2 Å². The molecule has 13 heteroatoms. The average molecular weight is 437 g/mol. The number of nitrogens with two attached hydrogens (primary N) is 1. The van der Waals surface area contributed by atoms with Crippen LogP contribution < -0.4 is 5.73 Å². The first-order valence-corrected chi connectivity index (χ1v) is 10.2. The highest BCUT2D eigenvalue weighted by Gasteiger charge is 2.41. The molecule has 2 amide bonds. The SMILES string of the molecule is C=CCOC(=O)c1cn(C2CC(C(N)=O)[N+]([O-])([O-])C2)nn1.O=C1C[C@@H]2SCC=CN12. The molecule has 2 unspecified atom stereocenters. The monoisotopic (exact) mass is 437 g/mol. The molecule has 4 heterocycles. The normalized spacial score (nSPS) is 26.1. The molecule has 30 heavy (non-hydrogen) atoms. The summed E-state index contributed by atoms with van der Waals surface area (Å²) >= 11 is 1.84. The number of aromatic nitrogens is 3. The lowest BCUT2D eigenvalue weighted by Crippen LogP contribution is -2.48. The van der Waals surface area contributed by atoms with Gasteiger partial charge in [0.05, 0.1) is 18.0 Å². The van der Waals surface area contributed by atoms with E-state index < -0.39 is 35.3 Å². The molecular weight excluding hydrogens is 416 g/mol. The van der Waals surface area contributed by atoms with Crippen LogP contribution in [0, 0.1) is 10.4 Å². The van der Waals surface area contributed by atoms with Crippen molar-refractivity contribution in [2.75, 3.05) is 18.9 Å². The number of β-lactam (4-membered cyclic amide) rings is 1. The molecule has 0 spiro atoms. The fourth-order valence-corrected chi connectivity index (χ4v) is 4.24. The van der Waals surface area contributed by atoms with Gasteiger partial charge in [0, 0.05) is 18.4 Å². The van der Waals surface area contributed by atoms with Crippen LogP contribution in [0.1, 0.15) is 29.4 Å². The first kappa shape index (κ1) is 22.0. The van der Waals surface area contributed by atoms with Crippen molar-refractivity contribution in [3.8, 4) is 0 Å². The number of carbonyl (C=O) groups is 3. The van der Waals surface area contributed by atoms with Crippen LogP contribution in [0.2, 0.25) is 0 Å². The predicted molar refractivity (Wildman–Crippen MR) is 106 cm³/mol. The summed E-state index contributed by atoms with van der Waals surface area (Å²) in [4.78, 5) is 33.2. The molecule has 0 saturated carbocycles. The first-order valence-electron chi connectivity index (χ1n) is 9.11. The van der Waals surface area contributed by atoms with E-state index in [-0.39, 0.29) is 24.6 Å². The number of fused-ring (bicyclic) bond motifs is 1. The third-order valence-corrected chi connectivity index (χ3v) is 5.95. The summed E-state index contributed by atoms with van der Waals surface area (Å²) in [6.45, 7) is 3.01. The third-order valence-electron chi connectivity index (χ3n) is 4.79. The minimum absolute atomic E-state index is 0.0278. The minimum Gasteiger partial charge on any atom is -0.631 e. The highest BCUT2D eigenvalue weighted by Crippen LogP contribution is 2.33. The Hall–Kier alpha value is -2.74. The number of amides is 2. The molecule has 2 N–H and O–H groups in total. The van der Waals surface area contributed by atoms with E-state index in [0.29, 0.717) is 5.37 Å². The van der Waals surface area contributed by atoms with Gasteiger partial charge in [-0.2, -0.15) is 0 Å². The molecule has 2 saturated heterocycles. The summed E-state index contributed by atoms with van der Waals surface area (Å²) in [6, 6.07) is -2.03. The Kier molecular flexibility index (Phi) is 6.55. The summed E-state index contributed by atoms with van der Waals surface area (Å²) < 4.78 is 5.98. The number of thioether (sulfide) groups is 1. The molecule has 162 valence electrons. The number of esters is 1. The van der Waals surface area contributed by atoms with Crippen molar-refractivity contribution in [2.24, 2.45) is 5.73 Å². The molecule has 3 aliphatic heterocycles. The number of carbonyl (C=O) groups excluding carboxylic acids is 3. The summed E-state index contributed by atoms with van der Waals surface area (Å²) in [5.41, 5.74) is 4.98. The van der Waals surface area contributed by atoms with E-state index in [4.69, 9.17) is 10.5 Å². The minimum atomic E-state index is -2.00. The Labute approximate surface area is 176 Å². The quantitative estimate of drug-likeness (QED) is 0.220. The van der Waals surface area contributed by atoms with Gasteiger partial charge in [-0.1, -0.05) is 23.9 Å². The second-order valence-corrected chi connectivity index (χ2v) is 8.08. The molecule has 2 fully saturated rings. The Bertz CT molecular complexity index is 871. The lowest BCUT2D eigenvalue weighted by Gasteiger charge is -2.46. The van der Waals surface area contributed by atoms with Gasteiger partial charge in [-0.25, -0.2) is 9.48 Å². The lowest BCUT2D eigenvalue weighted by molar-refractivity contribution is -0.834. The zero-order chi connectivity index (χ0) is 21.9. The van der Waals surface area contributed by atoms with Crippen LogP contribution in [0.4, 0.5) is 0 Å². The van der Waals surface area contributed by atoms with E-state index in [2.05, 4.69) is 16.9 Å². The maximum atomic E-state index is 11.7.